The molecule has 0 saturated heterocycles. The van der Waals surface area contributed by atoms with E-state index in [1.807, 2.05) is 18.2 Å². The van der Waals surface area contributed by atoms with Gasteiger partial charge in [0, 0.05) is 17.9 Å². The number of hydrogen-bond acceptors (Lipinski definition) is 5. The summed E-state index contributed by atoms with van der Waals surface area (Å²) < 4.78 is 2.18. The highest BCUT2D eigenvalue weighted by Gasteiger charge is 2.04. The Labute approximate surface area is 102 Å². The summed E-state index contributed by atoms with van der Waals surface area (Å²) in [7, 11) is 0. The third kappa shape index (κ3) is 2.65. The topological polar surface area (TPSA) is 62.7 Å². The molecule has 2 aromatic rings. The van der Waals surface area contributed by atoms with E-state index in [4.69, 9.17) is 11.0 Å². The molecule has 1 aromatic carbocycles. The minimum absolute atomic E-state index is 0.616. The molecule has 0 aliphatic carbocycles. The van der Waals surface area contributed by atoms with Gasteiger partial charge in [-0.2, -0.15) is 5.26 Å². The fraction of sp³-hybridized carbons (Fsp3) is 0.273. The van der Waals surface area contributed by atoms with Crippen LogP contribution in [-0.2, 0) is 0 Å². The summed E-state index contributed by atoms with van der Waals surface area (Å²) >= 11 is 3.37. The quantitative estimate of drug-likeness (QED) is 0.513. The molecule has 3 nitrogen and oxygen atoms in total. The minimum atomic E-state index is 0.616. The van der Waals surface area contributed by atoms with Gasteiger partial charge in [0.15, 0.2) is 4.34 Å². The Balaban J connectivity index is 2.06. The van der Waals surface area contributed by atoms with E-state index in [1.165, 1.54) is 0 Å². The molecule has 0 unspecified atom stereocenters. The van der Waals surface area contributed by atoms with E-state index in [0.717, 1.165) is 32.4 Å². The van der Waals surface area contributed by atoms with Gasteiger partial charge in [-0.1, -0.05) is 11.8 Å². The van der Waals surface area contributed by atoms with Crippen LogP contribution in [0.1, 0.15) is 12.8 Å². The van der Waals surface area contributed by atoms with Crippen molar-refractivity contribution >= 4 is 39.0 Å². The van der Waals surface area contributed by atoms with E-state index >= 15 is 0 Å². The number of thiazole rings is 1. The molecule has 2 rings (SSSR count). The summed E-state index contributed by atoms with van der Waals surface area (Å²) in [5.74, 6) is 0.947. The normalized spacial score (nSPS) is 10.4. The van der Waals surface area contributed by atoms with Crippen molar-refractivity contribution in [3.63, 3.8) is 0 Å². The van der Waals surface area contributed by atoms with Crippen LogP contribution >= 0.6 is 23.1 Å². The highest BCUT2D eigenvalue weighted by atomic mass is 32.2. The molecule has 1 aromatic heterocycles. The summed E-state index contributed by atoms with van der Waals surface area (Å²) in [6.45, 7) is 0. The first kappa shape index (κ1) is 11.2. The average Bonchev–Trinajstić information content (AvgIpc) is 2.66. The summed E-state index contributed by atoms with van der Waals surface area (Å²) in [6, 6.07) is 7.90. The fourth-order valence-electron chi connectivity index (χ4n) is 1.29. The number of aromatic nitrogens is 1. The SMILES string of the molecule is N#CCCCSc1nc2ccc(N)cc2s1. The third-order valence-electron chi connectivity index (χ3n) is 2.05. The number of rotatable bonds is 4. The molecule has 0 atom stereocenters. The van der Waals surface area contributed by atoms with Crippen molar-refractivity contribution in [2.75, 3.05) is 11.5 Å². The Morgan fingerprint density at radius 2 is 2.38 bits per heavy atom. The van der Waals surface area contributed by atoms with Gasteiger partial charge < -0.3 is 5.73 Å². The van der Waals surface area contributed by atoms with Crippen molar-refractivity contribution in [3.05, 3.63) is 18.2 Å². The predicted molar refractivity (Wildman–Crippen MR) is 69.6 cm³/mol. The Morgan fingerprint density at radius 3 is 3.19 bits per heavy atom. The summed E-state index contributed by atoms with van der Waals surface area (Å²) in [5, 5.41) is 8.42. The number of hydrogen-bond donors (Lipinski definition) is 1. The number of fused-ring (bicyclic) bond motifs is 1. The lowest BCUT2D eigenvalue weighted by Crippen LogP contribution is -1.81. The Morgan fingerprint density at radius 1 is 1.50 bits per heavy atom. The molecule has 0 aliphatic heterocycles. The second kappa shape index (κ2) is 5.19. The van der Waals surface area contributed by atoms with Crippen molar-refractivity contribution in [1.29, 1.82) is 5.26 Å². The molecule has 16 heavy (non-hydrogen) atoms. The van der Waals surface area contributed by atoms with Crippen LogP contribution < -0.4 is 5.73 Å². The maximum atomic E-state index is 8.42. The van der Waals surface area contributed by atoms with Crippen molar-refractivity contribution in [1.82, 2.24) is 4.98 Å². The standard InChI is InChI=1S/C11H11N3S2/c12-5-1-2-6-15-11-14-9-4-3-8(13)7-10(9)16-11/h3-4,7H,1-2,6,13H2. The lowest BCUT2D eigenvalue weighted by Gasteiger charge is -1.91. The molecule has 0 fully saturated rings. The zero-order valence-electron chi connectivity index (χ0n) is 8.64. The van der Waals surface area contributed by atoms with Crippen LogP contribution in [0.25, 0.3) is 10.2 Å². The van der Waals surface area contributed by atoms with Gasteiger partial charge in [0.05, 0.1) is 16.3 Å². The largest absolute Gasteiger partial charge is 0.399 e. The molecule has 2 N–H and O–H groups in total. The van der Waals surface area contributed by atoms with E-state index < -0.39 is 0 Å². The first-order valence-electron chi connectivity index (χ1n) is 4.95. The fourth-order valence-corrected chi connectivity index (χ4v) is 3.42. The number of anilines is 1. The van der Waals surface area contributed by atoms with Gasteiger partial charge in [-0.25, -0.2) is 4.98 Å². The third-order valence-corrected chi connectivity index (χ3v) is 4.30. The van der Waals surface area contributed by atoms with Crippen LogP contribution in [0.2, 0.25) is 0 Å². The summed E-state index contributed by atoms with van der Waals surface area (Å²) in [5.41, 5.74) is 7.49. The monoisotopic (exact) mass is 249 g/mol. The van der Waals surface area contributed by atoms with Crippen LogP contribution in [0.5, 0.6) is 0 Å². The van der Waals surface area contributed by atoms with Crippen molar-refractivity contribution in [3.8, 4) is 6.07 Å². The molecule has 0 aliphatic rings. The smallest absolute Gasteiger partial charge is 0.151 e. The van der Waals surface area contributed by atoms with Gasteiger partial charge in [0.1, 0.15) is 0 Å². The minimum Gasteiger partial charge on any atom is -0.399 e. The zero-order valence-corrected chi connectivity index (χ0v) is 10.3. The molecule has 0 bridgehead atoms. The first-order valence-corrected chi connectivity index (χ1v) is 6.75. The van der Waals surface area contributed by atoms with Crippen molar-refractivity contribution < 1.29 is 0 Å². The van der Waals surface area contributed by atoms with Gasteiger partial charge in [0.25, 0.3) is 0 Å². The molecular formula is C11H11N3S2. The van der Waals surface area contributed by atoms with E-state index in [9.17, 15) is 0 Å². The molecular weight excluding hydrogens is 238 g/mol. The van der Waals surface area contributed by atoms with E-state index in [-0.39, 0.29) is 0 Å². The number of nitrogen functional groups attached to an aromatic ring is 1. The number of nitrogens with two attached hydrogens (primary N) is 1. The first-order chi connectivity index (χ1) is 7.79. The molecule has 82 valence electrons. The molecule has 0 saturated carbocycles. The Bertz CT molecular complexity index is 527. The number of benzene rings is 1. The Hall–Kier alpha value is -1.25. The lowest BCUT2D eigenvalue weighted by atomic mass is 10.3. The van der Waals surface area contributed by atoms with Gasteiger partial charge >= 0.3 is 0 Å². The number of nitrogens with zero attached hydrogens (tertiary/aromatic N) is 2. The van der Waals surface area contributed by atoms with E-state index in [0.29, 0.717) is 6.42 Å². The maximum Gasteiger partial charge on any atom is 0.151 e. The molecule has 5 heteroatoms. The number of unbranched alkanes of at least 4 members (excludes halogenated alkanes) is 1. The second-order valence-electron chi connectivity index (χ2n) is 3.32. The zero-order chi connectivity index (χ0) is 11.4. The molecule has 0 radical (unpaired) electrons. The van der Waals surface area contributed by atoms with Crippen LogP contribution in [0.4, 0.5) is 5.69 Å². The van der Waals surface area contributed by atoms with Gasteiger partial charge in [-0.15, -0.1) is 11.3 Å². The summed E-state index contributed by atoms with van der Waals surface area (Å²) in [6.07, 6.45) is 1.53. The van der Waals surface area contributed by atoms with Crippen LogP contribution in [0, 0.1) is 11.3 Å². The van der Waals surface area contributed by atoms with Crippen LogP contribution in [0.15, 0.2) is 22.5 Å². The maximum absolute atomic E-state index is 8.42. The predicted octanol–water partition coefficient (Wildman–Crippen LogP) is 3.27. The van der Waals surface area contributed by atoms with Crippen molar-refractivity contribution in [2.45, 2.75) is 17.2 Å². The Kier molecular flexibility index (Phi) is 3.65. The number of nitriles is 1. The molecule has 1 heterocycles. The molecule has 0 amide bonds. The summed E-state index contributed by atoms with van der Waals surface area (Å²) in [4.78, 5) is 4.49. The van der Waals surface area contributed by atoms with Crippen molar-refractivity contribution in [2.24, 2.45) is 0 Å². The van der Waals surface area contributed by atoms with Gasteiger partial charge in [-0.3, -0.25) is 0 Å². The average molecular weight is 249 g/mol. The lowest BCUT2D eigenvalue weighted by molar-refractivity contribution is 0.980. The molecule has 0 spiro atoms. The van der Waals surface area contributed by atoms with Gasteiger partial charge in [-0.05, 0) is 24.6 Å². The van der Waals surface area contributed by atoms with Gasteiger partial charge in [0.2, 0.25) is 0 Å². The van der Waals surface area contributed by atoms with Crippen LogP contribution in [-0.4, -0.2) is 10.7 Å². The second-order valence-corrected chi connectivity index (χ2v) is 5.69. The van der Waals surface area contributed by atoms with Crippen LogP contribution in [0.3, 0.4) is 0 Å². The van der Waals surface area contributed by atoms with E-state index in [2.05, 4.69) is 11.1 Å². The number of thioether (sulfide) groups is 1. The van der Waals surface area contributed by atoms with E-state index in [1.54, 1.807) is 23.1 Å². The highest BCUT2D eigenvalue weighted by molar-refractivity contribution is 8.01. The highest BCUT2D eigenvalue weighted by Crippen LogP contribution is 2.30.